The van der Waals surface area contributed by atoms with Crippen molar-refractivity contribution in [2.75, 3.05) is 5.32 Å². The second-order valence-corrected chi connectivity index (χ2v) is 5.14. The zero-order valence-corrected chi connectivity index (χ0v) is 11.7. The van der Waals surface area contributed by atoms with Gasteiger partial charge in [0.25, 0.3) is 0 Å². The van der Waals surface area contributed by atoms with Crippen LogP contribution in [0.1, 0.15) is 51.0 Å². The molecular formula is C17H23NO. The van der Waals surface area contributed by atoms with Gasteiger partial charge in [0.1, 0.15) is 5.76 Å². The van der Waals surface area contributed by atoms with E-state index in [0.29, 0.717) is 5.76 Å². The molecule has 102 valence electrons. The van der Waals surface area contributed by atoms with Crippen molar-refractivity contribution in [2.24, 2.45) is 0 Å². The van der Waals surface area contributed by atoms with Crippen LogP contribution in [-0.4, -0.2) is 5.11 Å². The van der Waals surface area contributed by atoms with E-state index in [1.807, 2.05) is 24.3 Å². The first-order chi connectivity index (χ1) is 9.24. The summed E-state index contributed by atoms with van der Waals surface area (Å²) in [5.41, 5.74) is 3.70. The Morgan fingerprint density at radius 2 is 1.84 bits per heavy atom. The van der Waals surface area contributed by atoms with Crippen LogP contribution in [0.4, 0.5) is 5.69 Å². The van der Waals surface area contributed by atoms with Crippen molar-refractivity contribution in [1.82, 2.24) is 0 Å². The minimum absolute atomic E-state index is 0.328. The molecule has 1 aliphatic rings. The Balaban J connectivity index is 1.98. The maximum Gasteiger partial charge on any atom is 0.142 e. The summed E-state index contributed by atoms with van der Waals surface area (Å²) in [5, 5.41) is 13.5. The van der Waals surface area contributed by atoms with Gasteiger partial charge < -0.3 is 10.4 Å². The van der Waals surface area contributed by atoms with E-state index >= 15 is 0 Å². The largest absolute Gasteiger partial charge is 0.505 e. The fourth-order valence-electron chi connectivity index (χ4n) is 2.47. The fourth-order valence-corrected chi connectivity index (χ4v) is 2.47. The molecule has 0 saturated heterocycles. The first kappa shape index (κ1) is 13.7. The van der Waals surface area contributed by atoms with Gasteiger partial charge in [0.2, 0.25) is 0 Å². The Kier molecular flexibility index (Phi) is 4.67. The Bertz CT molecular complexity index is 488. The predicted molar refractivity (Wildman–Crippen MR) is 82.1 cm³/mol. The minimum atomic E-state index is 0.328. The van der Waals surface area contributed by atoms with Crippen LogP contribution in [0.2, 0.25) is 0 Å². The summed E-state index contributed by atoms with van der Waals surface area (Å²) in [6.07, 6.45) is 7.07. The van der Waals surface area contributed by atoms with Crippen molar-refractivity contribution < 1.29 is 5.11 Å². The molecule has 0 atom stereocenters. The van der Waals surface area contributed by atoms with Gasteiger partial charge >= 0.3 is 0 Å². The van der Waals surface area contributed by atoms with Crippen LogP contribution in [0.5, 0.6) is 0 Å². The average molecular weight is 257 g/mol. The van der Waals surface area contributed by atoms with Crippen LogP contribution in [-0.2, 0) is 0 Å². The smallest absolute Gasteiger partial charge is 0.142 e. The number of allylic oxidation sites excluding steroid dienone is 2. The van der Waals surface area contributed by atoms with Gasteiger partial charge in [-0.05, 0) is 18.9 Å². The number of hydrogen-bond donors (Lipinski definition) is 2. The zero-order chi connectivity index (χ0) is 13.7. The summed E-state index contributed by atoms with van der Waals surface area (Å²) in [6, 6.07) is 7.98. The molecule has 0 unspecified atom stereocenters. The molecule has 1 aromatic rings. The molecule has 2 rings (SSSR count). The third kappa shape index (κ3) is 3.19. The maximum atomic E-state index is 10.2. The first-order valence-corrected chi connectivity index (χ1v) is 7.22. The van der Waals surface area contributed by atoms with Gasteiger partial charge in [-0.25, -0.2) is 0 Å². The number of aliphatic hydroxyl groups is 1. The normalized spacial score (nSPS) is 14.3. The number of para-hydroxylation sites is 1. The average Bonchev–Trinajstić information content (AvgIpc) is 2.44. The van der Waals surface area contributed by atoms with Crippen molar-refractivity contribution in [3.05, 3.63) is 47.9 Å². The van der Waals surface area contributed by atoms with E-state index in [4.69, 9.17) is 0 Å². The lowest BCUT2D eigenvalue weighted by molar-refractivity contribution is 0.426. The molecule has 2 heteroatoms. The minimum Gasteiger partial charge on any atom is -0.505 e. The van der Waals surface area contributed by atoms with Gasteiger partial charge in [0.05, 0.1) is 5.70 Å². The summed E-state index contributed by atoms with van der Waals surface area (Å²) in [5.74, 6) is 0.328. The number of nitrogens with one attached hydrogen (secondary N) is 1. The molecule has 0 aliphatic carbocycles. The van der Waals surface area contributed by atoms with Crippen molar-refractivity contribution in [3.8, 4) is 0 Å². The van der Waals surface area contributed by atoms with Gasteiger partial charge in [-0.2, -0.15) is 0 Å². The quantitative estimate of drug-likeness (QED) is 0.682. The molecule has 0 saturated carbocycles. The van der Waals surface area contributed by atoms with Crippen molar-refractivity contribution in [1.29, 1.82) is 0 Å². The Morgan fingerprint density at radius 1 is 1.11 bits per heavy atom. The number of hydrogen-bond acceptors (Lipinski definition) is 2. The van der Waals surface area contributed by atoms with Gasteiger partial charge in [0, 0.05) is 16.8 Å². The molecule has 0 spiro atoms. The van der Waals surface area contributed by atoms with Crippen LogP contribution in [0.3, 0.4) is 0 Å². The molecule has 0 aromatic heterocycles. The van der Waals surface area contributed by atoms with E-state index in [0.717, 1.165) is 35.4 Å². The van der Waals surface area contributed by atoms with Crippen LogP contribution >= 0.6 is 0 Å². The molecule has 1 heterocycles. The van der Waals surface area contributed by atoms with Gasteiger partial charge in [-0.15, -0.1) is 0 Å². The monoisotopic (exact) mass is 257 g/mol. The molecule has 0 fully saturated rings. The molecule has 19 heavy (non-hydrogen) atoms. The number of fused-ring (bicyclic) bond motifs is 1. The van der Waals surface area contributed by atoms with Crippen molar-refractivity contribution in [3.63, 3.8) is 0 Å². The van der Waals surface area contributed by atoms with E-state index in [9.17, 15) is 5.11 Å². The molecule has 0 bridgehead atoms. The maximum absolute atomic E-state index is 10.2. The van der Waals surface area contributed by atoms with Crippen LogP contribution < -0.4 is 5.32 Å². The molecule has 2 nitrogen and oxygen atoms in total. The Labute approximate surface area is 115 Å². The van der Waals surface area contributed by atoms with Crippen LogP contribution in [0, 0.1) is 0 Å². The molecule has 1 aromatic carbocycles. The Morgan fingerprint density at radius 3 is 2.63 bits per heavy atom. The van der Waals surface area contributed by atoms with E-state index < -0.39 is 0 Å². The summed E-state index contributed by atoms with van der Waals surface area (Å²) >= 11 is 0. The molecule has 1 aliphatic heterocycles. The van der Waals surface area contributed by atoms with Crippen LogP contribution in [0.25, 0.3) is 5.57 Å². The van der Waals surface area contributed by atoms with Gasteiger partial charge in [-0.3, -0.25) is 0 Å². The highest BCUT2D eigenvalue weighted by Crippen LogP contribution is 2.35. The van der Waals surface area contributed by atoms with Gasteiger partial charge in [-0.1, -0.05) is 57.4 Å². The third-order valence-corrected chi connectivity index (χ3v) is 3.64. The number of rotatable bonds is 6. The second kappa shape index (κ2) is 6.46. The number of benzene rings is 1. The molecule has 2 N–H and O–H groups in total. The summed E-state index contributed by atoms with van der Waals surface area (Å²) < 4.78 is 0. The van der Waals surface area contributed by atoms with E-state index in [2.05, 4.69) is 18.8 Å². The lowest BCUT2D eigenvalue weighted by atomic mass is 9.96. The highest BCUT2D eigenvalue weighted by molar-refractivity contribution is 5.87. The topological polar surface area (TPSA) is 32.3 Å². The molecule has 0 radical (unpaired) electrons. The zero-order valence-electron chi connectivity index (χ0n) is 11.7. The first-order valence-electron chi connectivity index (χ1n) is 7.22. The summed E-state index contributed by atoms with van der Waals surface area (Å²) in [7, 11) is 0. The van der Waals surface area contributed by atoms with Gasteiger partial charge in [0.15, 0.2) is 0 Å². The van der Waals surface area contributed by atoms with Crippen molar-refractivity contribution in [2.45, 2.75) is 45.4 Å². The third-order valence-electron chi connectivity index (χ3n) is 3.64. The summed E-state index contributed by atoms with van der Waals surface area (Å²) in [4.78, 5) is 0. The highest BCUT2D eigenvalue weighted by Gasteiger charge is 2.19. The lowest BCUT2D eigenvalue weighted by Crippen LogP contribution is -2.12. The number of aliphatic hydroxyl groups excluding tert-OH is 1. The van der Waals surface area contributed by atoms with Crippen molar-refractivity contribution >= 4 is 11.3 Å². The standard InChI is InChI=1S/C17H23NO/c1-3-4-5-6-7-12-16-17(19)13(2)14-10-8-9-11-15(14)18-16/h8-11,18-19H,2-7,12H2,1H3. The molecular weight excluding hydrogens is 234 g/mol. The lowest BCUT2D eigenvalue weighted by Gasteiger charge is -2.23. The SMILES string of the molecule is C=C1C(O)=C(CCCCCCC)Nc2ccccc21. The van der Waals surface area contributed by atoms with E-state index in [-0.39, 0.29) is 0 Å². The highest BCUT2D eigenvalue weighted by atomic mass is 16.3. The number of unbranched alkanes of at least 4 members (excludes halogenated alkanes) is 4. The summed E-state index contributed by atoms with van der Waals surface area (Å²) in [6.45, 7) is 6.22. The fraction of sp³-hybridized carbons (Fsp3) is 0.412. The van der Waals surface area contributed by atoms with E-state index in [1.165, 1.54) is 25.7 Å². The number of anilines is 1. The van der Waals surface area contributed by atoms with Crippen LogP contribution in [0.15, 0.2) is 42.3 Å². The predicted octanol–water partition coefficient (Wildman–Crippen LogP) is 5.26. The molecule has 0 amide bonds. The Hall–Kier alpha value is -1.70. The van der Waals surface area contributed by atoms with E-state index in [1.54, 1.807) is 0 Å². The second-order valence-electron chi connectivity index (χ2n) is 5.14.